The standard InChI is InChI=1S/C16H22N2O2.ClH/c1-3-4-9-18-11-12(10-14(17)16(19)20-2)13-7-5-6-8-15(13)18;/h5-8,11,14H,3-4,9-10,17H2,1-2H3;1H/t14-;/m0./s1. The number of fused-ring (bicyclic) bond motifs is 1. The zero-order valence-electron chi connectivity index (χ0n) is 12.5. The number of aromatic nitrogens is 1. The maximum absolute atomic E-state index is 11.5. The van der Waals surface area contributed by atoms with E-state index in [1.54, 1.807) is 0 Å². The summed E-state index contributed by atoms with van der Waals surface area (Å²) in [5, 5.41) is 1.17. The van der Waals surface area contributed by atoms with E-state index in [1.165, 1.54) is 18.0 Å². The van der Waals surface area contributed by atoms with Crippen molar-refractivity contribution in [2.45, 2.75) is 38.8 Å². The molecular weight excluding hydrogens is 288 g/mol. The maximum Gasteiger partial charge on any atom is 0.322 e. The van der Waals surface area contributed by atoms with Crippen LogP contribution in [0.4, 0.5) is 0 Å². The number of unbranched alkanes of at least 4 members (excludes halogenated alkanes) is 1. The first-order valence-corrected chi connectivity index (χ1v) is 7.07. The van der Waals surface area contributed by atoms with Gasteiger partial charge in [-0.2, -0.15) is 0 Å². The Morgan fingerprint density at radius 3 is 2.76 bits per heavy atom. The average molecular weight is 311 g/mol. The highest BCUT2D eigenvalue weighted by Gasteiger charge is 2.17. The number of aryl methyl sites for hydroxylation is 1. The van der Waals surface area contributed by atoms with E-state index in [4.69, 9.17) is 10.5 Å². The fourth-order valence-electron chi connectivity index (χ4n) is 2.47. The Kier molecular flexibility index (Phi) is 6.72. The topological polar surface area (TPSA) is 57.2 Å². The van der Waals surface area contributed by atoms with Crippen molar-refractivity contribution < 1.29 is 9.53 Å². The number of nitrogens with zero attached hydrogens (tertiary/aromatic N) is 1. The summed E-state index contributed by atoms with van der Waals surface area (Å²) in [5.41, 5.74) is 8.18. The fourth-order valence-corrected chi connectivity index (χ4v) is 2.47. The predicted molar refractivity (Wildman–Crippen MR) is 87.8 cm³/mol. The normalized spacial score (nSPS) is 12.0. The quantitative estimate of drug-likeness (QED) is 0.835. The third-order valence-electron chi connectivity index (χ3n) is 3.57. The molecule has 0 radical (unpaired) electrons. The van der Waals surface area contributed by atoms with Gasteiger partial charge in [0.25, 0.3) is 0 Å². The van der Waals surface area contributed by atoms with Crippen LogP contribution in [0.15, 0.2) is 30.5 Å². The molecule has 2 N–H and O–H groups in total. The summed E-state index contributed by atoms with van der Waals surface area (Å²) >= 11 is 0. The third kappa shape index (κ3) is 3.99. The summed E-state index contributed by atoms with van der Waals surface area (Å²) in [7, 11) is 1.37. The van der Waals surface area contributed by atoms with Gasteiger partial charge in [0.1, 0.15) is 6.04 Å². The van der Waals surface area contributed by atoms with Crippen LogP contribution in [0.3, 0.4) is 0 Å². The van der Waals surface area contributed by atoms with Gasteiger partial charge >= 0.3 is 5.97 Å². The SMILES string of the molecule is CCCCn1cc(C[C@H](N)C(=O)OC)c2ccccc21.Cl. The lowest BCUT2D eigenvalue weighted by Crippen LogP contribution is -2.33. The average Bonchev–Trinajstić information content (AvgIpc) is 2.82. The molecule has 0 fully saturated rings. The first-order valence-electron chi connectivity index (χ1n) is 7.07. The number of hydrogen-bond donors (Lipinski definition) is 1. The Labute approximate surface area is 131 Å². The lowest BCUT2D eigenvalue weighted by Gasteiger charge is -2.07. The molecule has 5 heteroatoms. The van der Waals surface area contributed by atoms with Crippen LogP contribution in [0.5, 0.6) is 0 Å². The molecule has 4 nitrogen and oxygen atoms in total. The molecule has 0 unspecified atom stereocenters. The lowest BCUT2D eigenvalue weighted by molar-refractivity contribution is -0.142. The van der Waals surface area contributed by atoms with Gasteiger partial charge in [-0.05, 0) is 18.1 Å². The van der Waals surface area contributed by atoms with Crippen molar-refractivity contribution in [2.24, 2.45) is 5.73 Å². The molecule has 0 aliphatic rings. The monoisotopic (exact) mass is 310 g/mol. The third-order valence-corrected chi connectivity index (χ3v) is 3.57. The molecule has 0 aliphatic heterocycles. The molecule has 0 aliphatic carbocycles. The first kappa shape index (κ1) is 17.5. The van der Waals surface area contributed by atoms with Gasteiger partial charge in [-0.15, -0.1) is 12.4 Å². The van der Waals surface area contributed by atoms with Crippen LogP contribution >= 0.6 is 12.4 Å². The zero-order chi connectivity index (χ0) is 14.5. The number of para-hydroxylation sites is 1. The van der Waals surface area contributed by atoms with Crippen LogP contribution in [0, 0.1) is 0 Å². The minimum absolute atomic E-state index is 0. The molecule has 116 valence electrons. The molecule has 2 aromatic rings. The minimum Gasteiger partial charge on any atom is -0.468 e. The second-order valence-corrected chi connectivity index (χ2v) is 5.05. The van der Waals surface area contributed by atoms with Gasteiger partial charge in [0.05, 0.1) is 7.11 Å². The number of ether oxygens (including phenoxy) is 1. The molecule has 0 amide bonds. The summed E-state index contributed by atoms with van der Waals surface area (Å²) < 4.78 is 6.95. The number of rotatable bonds is 6. The first-order chi connectivity index (χ1) is 9.67. The summed E-state index contributed by atoms with van der Waals surface area (Å²) in [4.78, 5) is 11.5. The highest BCUT2D eigenvalue weighted by molar-refractivity contribution is 5.85. The van der Waals surface area contributed by atoms with Crippen molar-refractivity contribution in [2.75, 3.05) is 7.11 Å². The van der Waals surface area contributed by atoms with E-state index in [-0.39, 0.29) is 18.4 Å². The molecule has 0 spiro atoms. The zero-order valence-corrected chi connectivity index (χ0v) is 13.4. The number of carbonyl (C=O) groups is 1. The van der Waals surface area contributed by atoms with E-state index in [9.17, 15) is 4.79 Å². The summed E-state index contributed by atoms with van der Waals surface area (Å²) in [6, 6.07) is 7.63. The minimum atomic E-state index is -0.606. The van der Waals surface area contributed by atoms with Crippen LogP contribution in [-0.2, 0) is 22.5 Å². The van der Waals surface area contributed by atoms with Gasteiger partial charge in [-0.3, -0.25) is 4.79 Å². The van der Waals surface area contributed by atoms with Gasteiger partial charge in [-0.1, -0.05) is 31.5 Å². The van der Waals surface area contributed by atoms with Crippen LogP contribution in [-0.4, -0.2) is 23.7 Å². The van der Waals surface area contributed by atoms with E-state index in [2.05, 4.69) is 29.8 Å². The fraction of sp³-hybridized carbons (Fsp3) is 0.438. The van der Waals surface area contributed by atoms with Crippen LogP contribution in [0.2, 0.25) is 0 Å². The Morgan fingerprint density at radius 2 is 2.10 bits per heavy atom. The van der Waals surface area contributed by atoms with E-state index < -0.39 is 6.04 Å². The van der Waals surface area contributed by atoms with Crippen molar-refractivity contribution in [3.05, 3.63) is 36.0 Å². The Morgan fingerprint density at radius 1 is 1.38 bits per heavy atom. The Balaban J connectivity index is 0.00000220. The Bertz CT molecular complexity index is 595. The van der Waals surface area contributed by atoms with E-state index in [1.807, 2.05) is 12.1 Å². The summed E-state index contributed by atoms with van der Waals surface area (Å²) in [6.07, 6.45) is 4.92. The number of hydrogen-bond acceptors (Lipinski definition) is 3. The van der Waals surface area contributed by atoms with Crippen molar-refractivity contribution in [1.29, 1.82) is 0 Å². The van der Waals surface area contributed by atoms with Crippen molar-refractivity contribution in [3.8, 4) is 0 Å². The van der Waals surface area contributed by atoms with E-state index >= 15 is 0 Å². The maximum atomic E-state index is 11.5. The van der Waals surface area contributed by atoms with Gasteiger partial charge < -0.3 is 15.0 Å². The van der Waals surface area contributed by atoms with E-state index in [0.717, 1.165) is 24.9 Å². The highest BCUT2D eigenvalue weighted by atomic mass is 35.5. The summed E-state index contributed by atoms with van der Waals surface area (Å²) in [5.74, 6) is -0.365. The molecular formula is C16H23ClN2O2. The van der Waals surface area contributed by atoms with Gasteiger partial charge in [-0.25, -0.2) is 0 Å². The number of esters is 1. The molecule has 0 bridgehead atoms. The molecule has 1 heterocycles. The number of carbonyl (C=O) groups excluding carboxylic acids is 1. The van der Waals surface area contributed by atoms with Crippen molar-refractivity contribution >= 4 is 29.3 Å². The molecule has 1 aromatic heterocycles. The van der Waals surface area contributed by atoms with Crippen molar-refractivity contribution in [3.63, 3.8) is 0 Å². The smallest absolute Gasteiger partial charge is 0.322 e. The molecule has 1 aromatic carbocycles. The van der Waals surface area contributed by atoms with E-state index in [0.29, 0.717) is 6.42 Å². The number of nitrogens with two attached hydrogens (primary N) is 1. The number of methoxy groups -OCH3 is 1. The molecule has 21 heavy (non-hydrogen) atoms. The van der Waals surface area contributed by atoms with Crippen LogP contribution in [0.25, 0.3) is 10.9 Å². The van der Waals surface area contributed by atoms with Gasteiger partial charge in [0.15, 0.2) is 0 Å². The van der Waals surface area contributed by atoms with Gasteiger partial charge in [0.2, 0.25) is 0 Å². The predicted octanol–water partition coefficient (Wildman–Crippen LogP) is 2.91. The molecule has 0 saturated carbocycles. The highest BCUT2D eigenvalue weighted by Crippen LogP contribution is 2.23. The lowest BCUT2D eigenvalue weighted by atomic mass is 10.1. The molecule has 0 saturated heterocycles. The Hall–Kier alpha value is -1.52. The number of halogens is 1. The summed E-state index contributed by atoms with van der Waals surface area (Å²) in [6.45, 7) is 3.17. The van der Waals surface area contributed by atoms with Crippen LogP contribution in [0.1, 0.15) is 25.3 Å². The molecule has 2 rings (SSSR count). The largest absolute Gasteiger partial charge is 0.468 e. The number of benzene rings is 1. The van der Waals surface area contributed by atoms with Crippen LogP contribution < -0.4 is 5.73 Å². The second kappa shape index (κ2) is 8.05. The van der Waals surface area contributed by atoms with Gasteiger partial charge in [0, 0.05) is 30.1 Å². The second-order valence-electron chi connectivity index (χ2n) is 5.05. The van der Waals surface area contributed by atoms with Crippen molar-refractivity contribution in [1.82, 2.24) is 4.57 Å². The molecule has 1 atom stereocenters.